The van der Waals surface area contributed by atoms with Gasteiger partial charge in [0.1, 0.15) is 11.4 Å². The van der Waals surface area contributed by atoms with Gasteiger partial charge in [-0.25, -0.2) is 0 Å². The quantitative estimate of drug-likeness (QED) is 0.459. The number of aromatic hydroxyl groups is 2. The van der Waals surface area contributed by atoms with Gasteiger partial charge in [0.2, 0.25) is 0 Å². The third kappa shape index (κ3) is 2.35. The Morgan fingerprint density at radius 2 is 1.80 bits per heavy atom. The standard InChI is InChI=1S/C14H12ClNO4/c1-20-8-4-2-7(3-5-8)12(17)9-6-10(15)14(19)11(16)13(9)18/h2-6,18-19H,16H2,1H3. The smallest absolute Gasteiger partial charge is 0.196 e. The Morgan fingerprint density at radius 3 is 2.35 bits per heavy atom. The van der Waals surface area contributed by atoms with Crippen LogP contribution in [0.4, 0.5) is 5.69 Å². The van der Waals surface area contributed by atoms with E-state index in [1.165, 1.54) is 13.2 Å². The summed E-state index contributed by atoms with van der Waals surface area (Å²) in [6.07, 6.45) is 0. The van der Waals surface area contributed by atoms with Gasteiger partial charge in [-0.15, -0.1) is 0 Å². The number of ketones is 1. The van der Waals surface area contributed by atoms with Gasteiger partial charge >= 0.3 is 0 Å². The van der Waals surface area contributed by atoms with E-state index in [0.717, 1.165) is 0 Å². The summed E-state index contributed by atoms with van der Waals surface area (Å²) >= 11 is 5.76. The molecule has 2 aromatic rings. The van der Waals surface area contributed by atoms with E-state index in [-0.39, 0.29) is 16.3 Å². The molecular formula is C14H12ClNO4. The van der Waals surface area contributed by atoms with Gasteiger partial charge in [0, 0.05) is 5.56 Å². The molecule has 0 aliphatic heterocycles. The molecule has 0 aromatic heterocycles. The molecule has 4 N–H and O–H groups in total. The maximum absolute atomic E-state index is 12.3. The van der Waals surface area contributed by atoms with Crippen LogP contribution in [-0.4, -0.2) is 23.1 Å². The first kappa shape index (κ1) is 14.0. The number of nitrogen functional groups attached to an aromatic ring is 1. The van der Waals surface area contributed by atoms with Crippen molar-refractivity contribution in [2.24, 2.45) is 0 Å². The SMILES string of the molecule is COc1ccc(C(=O)c2cc(Cl)c(O)c(N)c2O)cc1. The zero-order valence-electron chi connectivity index (χ0n) is 10.6. The number of hydrogen-bond donors (Lipinski definition) is 3. The molecule has 0 aliphatic rings. The number of nitrogens with two attached hydrogens (primary N) is 1. The fourth-order valence-electron chi connectivity index (χ4n) is 1.72. The summed E-state index contributed by atoms with van der Waals surface area (Å²) in [7, 11) is 1.52. The third-order valence-corrected chi connectivity index (χ3v) is 3.15. The lowest BCUT2D eigenvalue weighted by molar-refractivity contribution is 0.103. The van der Waals surface area contributed by atoms with Crippen LogP contribution in [-0.2, 0) is 0 Å². The fraction of sp³-hybridized carbons (Fsp3) is 0.0714. The molecule has 0 amide bonds. The highest BCUT2D eigenvalue weighted by molar-refractivity contribution is 6.33. The maximum atomic E-state index is 12.3. The Bertz CT molecular complexity index is 668. The summed E-state index contributed by atoms with van der Waals surface area (Å²) in [6, 6.07) is 7.52. The van der Waals surface area contributed by atoms with Crippen LogP contribution in [0.15, 0.2) is 30.3 Å². The van der Waals surface area contributed by atoms with E-state index in [0.29, 0.717) is 11.3 Å². The molecule has 6 heteroatoms. The van der Waals surface area contributed by atoms with Crippen LogP contribution in [0.3, 0.4) is 0 Å². The predicted molar refractivity (Wildman–Crippen MR) is 75.6 cm³/mol. The number of benzene rings is 2. The highest BCUT2D eigenvalue weighted by Crippen LogP contribution is 2.40. The van der Waals surface area contributed by atoms with Crippen molar-refractivity contribution in [1.29, 1.82) is 0 Å². The molecule has 0 saturated carbocycles. The van der Waals surface area contributed by atoms with Gasteiger partial charge in [-0.2, -0.15) is 0 Å². The molecular weight excluding hydrogens is 282 g/mol. The number of anilines is 1. The minimum atomic E-state index is -0.493. The molecule has 20 heavy (non-hydrogen) atoms. The first-order valence-corrected chi connectivity index (χ1v) is 6.02. The van der Waals surface area contributed by atoms with E-state index < -0.39 is 17.3 Å². The first-order chi connectivity index (χ1) is 9.45. The van der Waals surface area contributed by atoms with Gasteiger partial charge in [-0.3, -0.25) is 4.79 Å². The number of ether oxygens (including phenoxy) is 1. The molecule has 0 radical (unpaired) electrons. The van der Waals surface area contributed by atoms with Crippen LogP contribution in [0.2, 0.25) is 5.02 Å². The molecule has 0 fully saturated rings. The second-order valence-electron chi connectivity index (χ2n) is 4.07. The van der Waals surface area contributed by atoms with Crippen molar-refractivity contribution in [3.05, 3.63) is 46.5 Å². The van der Waals surface area contributed by atoms with Crippen LogP contribution in [0, 0.1) is 0 Å². The zero-order chi connectivity index (χ0) is 14.9. The lowest BCUT2D eigenvalue weighted by atomic mass is 10.0. The van der Waals surface area contributed by atoms with Gasteiger partial charge in [-0.05, 0) is 30.3 Å². The molecule has 0 bridgehead atoms. The molecule has 0 spiro atoms. The number of hydrogen-bond acceptors (Lipinski definition) is 5. The molecule has 0 unspecified atom stereocenters. The van der Waals surface area contributed by atoms with Crippen molar-refractivity contribution in [2.75, 3.05) is 12.8 Å². The highest BCUT2D eigenvalue weighted by Gasteiger charge is 2.20. The molecule has 104 valence electrons. The number of carbonyl (C=O) groups excluding carboxylic acids is 1. The summed E-state index contributed by atoms with van der Waals surface area (Å²) in [5.41, 5.74) is 5.43. The van der Waals surface area contributed by atoms with Crippen molar-refractivity contribution in [2.45, 2.75) is 0 Å². The van der Waals surface area contributed by atoms with E-state index in [9.17, 15) is 15.0 Å². The molecule has 0 heterocycles. The Hall–Kier alpha value is -2.40. The monoisotopic (exact) mass is 293 g/mol. The van der Waals surface area contributed by atoms with E-state index in [1.807, 2.05) is 0 Å². The van der Waals surface area contributed by atoms with Gasteiger partial charge in [0.05, 0.1) is 17.7 Å². The number of halogens is 1. The minimum Gasteiger partial charge on any atom is -0.505 e. The molecule has 0 saturated heterocycles. The van der Waals surface area contributed by atoms with Crippen molar-refractivity contribution >= 4 is 23.1 Å². The largest absolute Gasteiger partial charge is 0.505 e. The van der Waals surface area contributed by atoms with Crippen molar-refractivity contribution < 1.29 is 19.7 Å². The number of rotatable bonds is 3. The first-order valence-electron chi connectivity index (χ1n) is 5.64. The summed E-state index contributed by atoms with van der Waals surface area (Å²) < 4.78 is 5.00. The summed E-state index contributed by atoms with van der Waals surface area (Å²) in [4.78, 5) is 12.3. The highest BCUT2D eigenvalue weighted by atomic mass is 35.5. The van der Waals surface area contributed by atoms with Crippen LogP contribution >= 0.6 is 11.6 Å². The Morgan fingerprint density at radius 1 is 1.20 bits per heavy atom. The molecule has 0 aliphatic carbocycles. The number of carbonyl (C=O) groups is 1. The number of phenolic OH excluding ortho intramolecular Hbond substituents is 2. The summed E-state index contributed by atoms with van der Waals surface area (Å²) in [5, 5.41) is 19.2. The van der Waals surface area contributed by atoms with E-state index in [4.69, 9.17) is 22.1 Å². The van der Waals surface area contributed by atoms with Crippen LogP contribution < -0.4 is 10.5 Å². The van der Waals surface area contributed by atoms with E-state index in [1.54, 1.807) is 24.3 Å². The molecule has 2 aromatic carbocycles. The van der Waals surface area contributed by atoms with Crippen LogP contribution in [0.5, 0.6) is 17.2 Å². The molecule has 0 atom stereocenters. The average molecular weight is 294 g/mol. The van der Waals surface area contributed by atoms with Gasteiger partial charge in [-0.1, -0.05) is 11.6 Å². The van der Waals surface area contributed by atoms with Crippen LogP contribution in [0.1, 0.15) is 15.9 Å². The molecule has 2 rings (SSSR count). The topological polar surface area (TPSA) is 92.8 Å². The van der Waals surface area contributed by atoms with Gasteiger partial charge in [0.25, 0.3) is 0 Å². The van der Waals surface area contributed by atoms with Crippen molar-refractivity contribution in [1.82, 2.24) is 0 Å². The third-order valence-electron chi connectivity index (χ3n) is 2.86. The lowest BCUT2D eigenvalue weighted by Crippen LogP contribution is -2.03. The second-order valence-corrected chi connectivity index (χ2v) is 4.48. The second kappa shape index (κ2) is 5.30. The summed E-state index contributed by atoms with van der Waals surface area (Å²) in [5.74, 6) is -0.795. The Balaban J connectivity index is 2.48. The average Bonchev–Trinajstić information content (AvgIpc) is 2.48. The van der Waals surface area contributed by atoms with Gasteiger partial charge in [0.15, 0.2) is 17.3 Å². The lowest BCUT2D eigenvalue weighted by Gasteiger charge is -2.10. The van der Waals surface area contributed by atoms with Crippen molar-refractivity contribution in [3.63, 3.8) is 0 Å². The predicted octanol–water partition coefficient (Wildman–Crippen LogP) is 2.57. The normalized spacial score (nSPS) is 10.3. The fourth-order valence-corrected chi connectivity index (χ4v) is 1.93. The molecule has 5 nitrogen and oxygen atoms in total. The summed E-state index contributed by atoms with van der Waals surface area (Å²) in [6.45, 7) is 0. The minimum absolute atomic E-state index is 0.0736. The zero-order valence-corrected chi connectivity index (χ0v) is 11.3. The number of methoxy groups -OCH3 is 1. The maximum Gasteiger partial charge on any atom is 0.196 e. The van der Waals surface area contributed by atoms with E-state index in [2.05, 4.69) is 0 Å². The van der Waals surface area contributed by atoms with Crippen molar-refractivity contribution in [3.8, 4) is 17.2 Å². The van der Waals surface area contributed by atoms with Gasteiger partial charge < -0.3 is 20.7 Å². The number of phenols is 2. The Kier molecular flexibility index (Phi) is 3.72. The van der Waals surface area contributed by atoms with Crippen LogP contribution in [0.25, 0.3) is 0 Å². The Labute approximate surface area is 120 Å². The van der Waals surface area contributed by atoms with E-state index >= 15 is 0 Å².